The van der Waals surface area contributed by atoms with Crippen molar-refractivity contribution in [3.63, 3.8) is 0 Å². The molecular weight excluding hydrogens is 278 g/mol. The van der Waals surface area contributed by atoms with Crippen molar-refractivity contribution in [1.29, 1.82) is 0 Å². The van der Waals surface area contributed by atoms with E-state index in [-0.39, 0.29) is 12.3 Å². The van der Waals surface area contributed by atoms with Crippen molar-refractivity contribution in [2.75, 3.05) is 0 Å². The number of likely N-dealkylation sites (tertiary alicyclic amines) is 1. The molecule has 1 fully saturated rings. The summed E-state index contributed by atoms with van der Waals surface area (Å²) in [6, 6.07) is 18.9. The second-order valence-corrected chi connectivity index (χ2v) is 5.64. The van der Waals surface area contributed by atoms with E-state index in [4.69, 9.17) is 0 Å². The summed E-state index contributed by atoms with van der Waals surface area (Å²) in [6.07, 6.45) is 0.395. The molecule has 2 aromatic rings. The zero-order valence-electron chi connectivity index (χ0n) is 12.1. The van der Waals surface area contributed by atoms with Crippen molar-refractivity contribution in [1.82, 2.24) is 4.90 Å². The molecule has 1 aliphatic heterocycles. The standard InChI is InChI=1S/C18H17NO3/c20-16-12-18(17(21)22,11-14-7-3-1-4-8-14)19(16)13-15-9-5-2-6-10-15/h1-10H,11-13H2,(H,21,22). The second-order valence-electron chi connectivity index (χ2n) is 5.64. The molecule has 1 N–H and O–H groups in total. The zero-order valence-corrected chi connectivity index (χ0v) is 12.1. The van der Waals surface area contributed by atoms with Crippen molar-refractivity contribution in [3.8, 4) is 0 Å². The fraction of sp³-hybridized carbons (Fsp3) is 0.222. The third kappa shape index (κ3) is 2.48. The van der Waals surface area contributed by atoms with Crippen molar-refractivity contribution in [2.24, 2.45) is 0 Å². The van der Waals surface area contributed by atoms with Crippen LogP contribution >= 0.6 is 0 Å². The number of amides is 1. The maximum Gasteiger partial charge on any atom is 0.330 e. The number of carboxylic acids is 1. The van der Waals surface area contributed by atoms with Crippen LogP contribution in [0.2, 0.25) is 0 Å². The van der Waals surface area contributed by atoms with E-state index >= 15 is 0 Å². The molecule has 0 bridgehead atoms. The maximum absolute atomic E-state index is 12.0. The topological polar surface area (TPSA) is 57.6 Å². The number of rotatable bonds is 5. The molecule has 2 aromatic carbocycles. The SMILES string of the molecule is O=C1CC(Cc2ccccc2)(C(=O)O)N1Cc1ccccc1. The third-order valence-electron chi connectivity index (χ3n) is 4.18. The van der Waals surface area contributed by atoms with Gasteiger partial charge in [0.05, 0.1) is 6.42 Å². The predicted molar refractivity (Wildman–Crippen MR) is 82.1 cm³/mol. The molecule has 1 heterocycles. The van der Waals surface area contributed by atoms with Crippen LogP contribution in [0.25, 0.3) is 0 Å². The first-order valence-electron chi connectivity index (χ1n) is 7.23. The van der Waals surface area contributed by atoms with Crippen LogP contribution in [0.3, 0.4) is 0 Å². The summed E-state index contributed by atoms with van der Waals surface area (Å²) in [4.78, 5) is 25.4. The Morgan fingerprint density at radius 1 is 1.00 bits per heavy atom. The first kappa shape index (κ1) is 14.3. The number of hydrogen-bond donors (Lipinski definition) is 1. The first-order valence-corrected chi connectivity index (χ1v) is 7.23. The minimum absolute atomic E-state index is 0.0596. The Kier molecular flexibility index (Phi) is 3.67. The Morgan fingerprint density at radius 2 is 1.55 bits per heavy atom. The van der Waals surface area contributed by atoms with E-state index in [0.717, 1.165) is 11.1 Å². The van der Waals surface area contributed by atoms with Gasteiger partial charge >= 0.3 is 5.97 Å². The van der Waals surface area contributed by atoms with Crippen LogP contribution in [0.15, 0.2) is 60.7 Å². The van der Waals surface area contributed by atoms with Gasteiger partial charge < -0.3 is 10.0 Å². The van der Waals surface area contributed by atoms with Gasteiger partial charge in [0.25, 0.3) is 0 Å². The number of carbonyl (C=O) groups excluding carboxylic acids is 1. The van der Waals surface area contributed by atoms with Crippen molar-refractivity contribution in [3.05, 3.63) is 71.8 Å². The van der Waals surface area contributed by atoms with Gasteiger partial charge in [0.1, 0.15) is 0 Å². The molecule has 0 saturated carbocycles. The average Bonchev–Trinajstić information content (AvgIpc) is 2.54. The van der Waals surface area contributed by atoms with Gasteiger partial charge in [-0.25, -0.2) is 4.79 Å². The first-order chi connectivity index (χ1) is 10.6. The van der Waals surface area contributed by atoms with Crippen LogP contribution in [0, 0.1) is 0 Å². The second kappa shape index (κ2) is 5.64. The molecule has 0 radical (unpaired) electrons. The number of hydrogen-bond acceptors (Lipinski definition) is 2. The Hall–Kier alpha value is -2.62. The number of β-lactam (4-membered cyclic amide) rings is 1. The molecule has 22 heavy (non-hydrogen) atoms. The third-order valence-corrected chi connectivity index (χ3v) is 4.18. The lowest BCUT2D eigenvalue weighted by atomic mass is 9.78. The smallest absolute Gasteiger partial charge is 0.330 e. The summed E-state index contributed by atoms with van der Waals surface area (Å²) in [6.45, 7) is 0.332. The van der Waals surface area contributed by atoms with Crippen LogP contribution in [0.1, 0.15) is 17.5 Å². The van der Waals surface area contributed by atoms with Gasteiger partial charge in [-0.05, 0) is 11.1 Å². The predicted octanol–water partition coefficient (Wildman–Crippen LogP) is 2.49. The molecule has 0 aromatic heterocycles. The van der Waals surface area contributed by atoms with Gasteiger partial charge in [0.2, 0.25) is 5.91 Å². The van der Waals surface area contributed by atoms with E-state index in [1.165, 1.54) is 4.90 Å². The lowest BCUT2D eigenvalue weighted by Crippen LogP contribution is -2.68. The lowest BCUT2D eigenvalue weighted by molar-refractivity contribution is -0.177. The highest BCUT2D eigenvalue weighted by Crippen LogP contribution is 2.37. The quantitative estimate of drug-likeness (QED) is 0.862. The molecule has 1 saturated heterocycles. The molecule has 1 unspecified atom stereocenters. The molecule has 3 rings (SSSR count). The van der Waals surface area contributed by atoms with Gasteiger partial charge in [0, 0.05) is 13.0 Å². The van der Waals surface area contributed by atoms with Gasteiger partial charge in [0.15, 0.2) is 5.54 Å². The highest BCUT2D eigenvalue weighted by molar-refractivity contribution is 5.98. The summed E-state index contributed by atoms with van der Waals surface area (Å²) >= 11 is 0. The largest absolute Gasteiger partial charge is 0.479 e. The van der Waals surface area contributed by atoms with Crippen molar-refractivity contribution < 1.29 is 14.7 Å². The monoisotopic (exact) mass is 295 g/mol. The van der Waals surface area contributed by atoms with E-state index in [1.807, 2.05) is 60.7 Å². The van der Waals surface area contributed by atoms with Gasteiger partial charge in [-0.1, -0.05) is 60.7 Å². The highest BCUT2D eigenvalue weighted by atomic mass is 16.4. The summed E-state index contributed by atoms with van der Waals surface area (Å²) in [7, 11) is 0. The van der Waals surface area contributed by atoms with Crippen molar-refractivity contribution in [2.45, 2.75) is 24.9 Å². The number of nitrogens with zero attached hydrogens (tertiary/aromatic N) is 1. The van der Waals surface area contributed by atoms with Crippen LogP contribution in [-0.2, 0) is 22.6 Å². The Balaban J connectivity index is 1.87. The number of aliphatic carboxylic acids is 1. The van der Waals surface area contributed by atoms with E-state index in [0.29, 0.717) is 13.0 Å². The minimum Gasteiger partial charge on any atom is -0.479 e. The number of carboxylic acid groups (broad SMARTS) is 1. The molecule has 112 valence electrons. The van der Waals surface area contributed by atoms with Gasteiger partial charge in [-0.2, -0.15) is 0 Å². The van der Waals surface area contributed by atoms with Crippen LogP contribution in [0.5, 0.6) is 0 Å². The van der Waals surface area contributed by atoms with Gasteiger partial charge in [-0.3, -0.25) is 4.79 Å². The average molecular weight is 295 g/mol. The molecule has 1 atom stereocenters. The molecule has 1 amide bonds. The van der Waals surface area contributed by atoms with Crippen LogP contribution in [0.4, 0.5) is 0 Å². The Morgan fingerprint density at radius 3 is 2.05 bits per heavy atom. The van der Waals surface area contributed by atoms with Crippen LogP contribution in [-0.4, -0.2) is 27.4 Å². The normalized spacial score (nSPS) is 20.5. The fourth-order valence-corrected chi connectivity index (χ4v) is 2.95. The molecule has 0 aliphatic carbocycles. The minimum atomic E-state index is -1.13. The molecule has 4 nitrogen and oxygen atoms in total. The van der Waals surface area contributed by atoms with Gasteiger partial charge in [-0.15, -0.1) is 0 Å². The molecule has 0 spiro atoms. The van der Waals surface area contributed by atoms with E-state index in [1.54, 1.807) is 0 Å². The Bertz CT molecular complexity index is 684. The summed E-state index contributed by atoms with van der Waals surface area (Å²) in [5.74, 6) is -1.05. The highest BCUT2D eigenvalue weighted by Gasteiger charge is 2.56. The Labute approximate surface area is 129 Å². The summed E-state index contributed by atoms with van der Waals surface area (Å²) in [5, 5.41) is 9.72. The summed E-state index contributed by atoms with van der Waals surface area (Å²) < 4.78 is 0. The van der Waals surface area contributed by atoms with E-state index < -0.39 is 11.5 Å². The number of carbonyl (C=O) groups is 2. The molecular formula is C18H17NO3. The lowest BCUT2D eigenvalue weighted by Gasteiger charge is -2.49. The van der Waals surface area contributed by atoms with E-state index in [9.17, 15) is 14.7 Å². The van der Waals surface area contributed by atoms with E-state index in [2.05, 4.69) is 0 Å². The zero-order chi connectivity index (χ0) is 15.6. The fourth-order valence-electron chi connectivity index (χ4n) is 2.95. The maximum atomic E-state index is 12.0. The molecule has 1 aliphatic rings. The number of benzene rings is 2. The van der Waals surface area contributed by atoms with Crippen LogP contribution < -0.4 is 0 Å². The summed E-state index contributed by atoms with van der Waals surface area (Å²) in [5.41, 5.74) is 0.735. The molecule has 4 heteroatoms. The van der Waals surface area contributed by atoms with Crippen molar-refractivity contribution >= 4 is 11.9 Å².